The Kier molecular flexibility index (Phi) is 4.11. The third-order valence-electron chi connectivity index (χ3n) is 4.27. The van der Waals surface area contributed by atoms with E-state index in [4.69, 9.17) is 9.47 Å². The third-order valence-corrected chi connectivity index (χ3v) is 4.27. The van der Waals surface area contributed by atoms with Gasteiger partial charge in [-0.2, -0.15) is 0 Å². The molecular formula is C18H18N6O3. The van der Waals surface area contributed by atoms with Crippen molar-refractivity contribution in [1.29, 1.82) is 0 Å². The van der Waals surface area contributed by atoms with Crippen LogP contribution in [0.2, 0.25) is 0 Å². The van der Waals surface area contributed by atoms with Crippen molar-refractivity contribution in [2.75, 3.05) is 14.2 Å². The molecule has 0 radical (unpaired) electrons. The minimum Gasteiger partial charge on any atom is -0.494 e. The topological polar surface area (TPSA) is 100 Å². The first-order valence-electron chi connectivity index (χ1n) is 8.34. The number of pyridine rings is 2. The highest BCUT2D eigenvalue weighted by Gasteiger charge is 2.15. The zero-order valence-corrected chi connectivity index (χ0v) is 15.1. The van der Waals surface area contributed by atoms with E-state index < -0.39 is 0 Å². The second kappa shape index (κ2) is 6.60. The van der Waals surface area contributed by atoms with Crippen molar-refractivity contribution >= 4 is 10.9 Å². The maximum absolute atomic E-state index is 10.5. The molecule has 0 spiro atoms. The second-order valence-electron chi connectivity index (χ2n) is 5.82. The van der Waals surface area contributed by atoms with E-state index in [1.54, 1.807) is 34.9 Å². The zero-order chi connectivity index (χ0) is 19.0. The van der Waals surface area contributed by atoms with Crippen molar-refractivity contribution in [2.45, 2.75) is 13.5 Å². The summed E-state index contributed by atoms with van der Waals surface area (Å²) >= 11 is 0. The van der Waals surface area contributed by atoms with Crippen LogP contribution in [-0.4, -0.2) is 48.9 Å². The number of aromatic hydroxyl groups is 1. The third kappa shape index (κ3) is 2.82. The maximum atomic E-state index is 10.5. The maximum Gasteiger partial charge on any atom is 0.256 e. The molecule has 0 aliphatic rings. The Hall–Kier alpha value is -3.62. The SMILES string of the molecule is CCn1cc(-n2cc3nc(-c4cnc(OC)c(OC)c4)ccc3c2O)nn1. The van der Waals surface area contributed by atoms with E-state index in [-0.39, 0.29) is 5.88 Å². The van der Waals surface area contributed by atoms with Gasteiger partial charge < -0.3 is 14.6 Å². The molecule has 4 aromatic rings. The van der Waals surface area contributed by atoms with Gasteiger partial charge >= 0.3 is 0 Å². The predicted molar refractivity (Wildman–Crippen MR) is 98.3 cm³/mol. The number of hydrogen-bond acceptors (Lipinski definition) is 7. The van der Waals surface area contributed by atoms with E-state index in [9.17, 15) is 5.11 Å². The Balaban J connectivity index is 1.79. The fourth-order valence-corrected chi connectivity index (χ4v) is 2.84. The van der Waals surface area contributed by atoms with Crippen molar-refractivity contribution in [1.82, 2.24) is 29.5 Å². The number of ether oxygens (including phenoxy) is 2. The molecule has 4 rings (SSSR count). The molecule has 0 unspecified atom stereocenters. The normalized spacial score (nSPS) is 11.1. The Morgan fingerprint density at radius 2 is 2.00 bits per heavy atom. The van der Waals surface area contributed by atoms with Gasteiger partial charge in [-0.15, -0.1) is 5.10 Å². The largest absolute Gasteiger partial charge is 0.494 e. The summed E-state index contributed by atoms with van der Waals surface area (Å²) in [5.74, 6) is 1.53. The van der Waals surface area contributed by atoms with Gasteiger partial charge in [-0.1, -0.05) is 5.21 Å². The van der Waals surface area contributed by atoms with E-state index in [1.807, 2.05) is 25.1 Å². The van der Waals surface area contributed by atoms with Gasteiger partial charge in [0.05, 0.1) is 37.0 Å². The average molecular weight is 366 g/mol. The summed E-state index contributed by atoms with van der Waals surface area (Å²) in [4.78, 5) is 8.88. The van der Waals surface area contributed by atoms with Crippen LogP contribution in [0.4, 0.5) is 0 Å². The van der Waals surface area contributed by atoms with Crippen molar-refractivity contribution in [3.8, 4) is 34.6 Å². The lowest BCUT2D eigenvalue weighted by molar-refractivity contribution is 0.343. The molecule has 4 aromatic heterocycles. The molecule has 1 N–H and O–H groups in total. The molecule has 9 nitrogen and oxygen atoms in total. The molecule has 0 amide bonds. The second-order valence-corrected chi connectivity index (χ2v) is 5.82. The highest BCUT2D eigenvalue weighted by molar-refractivity contribution is 5.87. The highest BCUT2D eigenvalue weighted by Crippen LogP contribution is 2.33. The van der Waals surface area contributed by atoms with Crippen LogP contribution in [0.1, 0.15) is 6.92 Å². The molecule has 9 heteroatoms. The van der Waals surface area contributed by atoms with Gasteiger partial charge in [-0.25, -0.2) is 9.97 Å². The van der Waals surface area contributed by atoms with Gasteiger partial charge in [-0.3, -0.25) is 9.25 Å². The summed E-state index contributed by atoms with van der Waals surface area (Å²) in [6.07, 6.45) is 5.16. The fraction of sp³-hybridized carbons (Fsp3) is 0.222. The van der Waals surface area contributed by atoms with Crippen LogP contribution >= 0.6 is 0 Å². The summed E-state index contributed by atoms with van der Waals surface area (Å²) in [6, 6.07) is 5.44. The first-order valence-corrected chi connectivity index (χ1v) is 8.34. The van der Waals surface area contributed by atoms with E-state index in [1.165, 1.54) is 7.11 Å². The molecule has 0 fully saturated rings. The van der Waals surface area contributed by atoms with Crippen LogP contribution in [-0.2, 0) is 6.54 Å². The molecule has 0 atom stereocenters. The van der Waals surface area contributed by atoms with Crippen LogP contribution in [0.25, 0.3) is 28.0 Å². The molecule has 0 aromatic carbocycles. The fourth-order valence-electron chi connectivity index (χ4n) is 2.84. The molecule has 0 aliphatic heterocycles. The van der Waals surface area contributed by atoms with Gasteiger partial charge in [0, 0.05) is 24.5 Å². The monoisotopic (exact) mass is 366 g/mol. The van der Waals surface area contributed by atoms with Crippen LogP contribution in [0, 0.1) is 0 Å². The van der Waals surface area contributed by atoms with Crippen LogP contribution in [0.5, 0.6) is 17.5 Å². The van der Waals surface area contributed by atoms with Gasteiger partial charge in [0.15, 0.2) is 11.6 Å². The van der Waals surface area contributed by atoms with Crippen molar-refractivity contribution < 1.29 is 14.6 Å². The molecular weight excluding hydrogens is 348 g/mol. The molecule has 138 valence electrons. The summed E-state index contributed by atoms with van der Waals surface area (Å²) in [7, 11) is 3.09. The minimum absolute atomic E-state index is 0.0673. The molecule has 0 bridgehead atoms. The molecule has 4 heterocycles. The Morgan fingerprint density at radius 3 is 2.70 bits per heavy atom. The highest BCUT2D eigenvalue weighted by atomic mass is 16.5. The lowest BCUT2D eigenvalue weighted by Gasteiger charge is -2.08. The van der Waals surface area contributed by atoms with Gasteiger partial charge in [0.1, 0.15) is 0 Å². The van der Waals surface area contributed by atoms with Gasteiger partial charge in [-0.05, 0) is 25.1 Å². The van der Waals surface area contributed by atoms with Crippen LogP contribution in [0.15, 0.2) is 36.8 Å². The quantitative estimate of drug-likeness (QED) is 0.579. The van der Waals surface area contributed by atoms with Crippen LogP contribution < -0.4 is 9.47 Å². The standard InChI is InChI=1S/C18H18N6O3/c1-4-23-10-16(21-22-23)24-9-14-12(18(24)25)5-6-13(20-14)11-7-15(26-2)17(27-3)19-8-11/h5-10,25H,4H2,1-3H3. The Morgan fingerprint density at radius 1 is 1.15 bits per heavy atom. The summed E-state index contributed by atoms with van der Waals surface area (Å²) in [6.45, 7) is 2.67. The van der Waals surface area contributed by atoms with Crippen molar-refractivity contribution in [2.24, 2.45) is 0 Å². The van der Waals surface area contributed by atoms with Gasteiger partial charge in [0.2, 0.25) is 5.88 Å². The van der Waals surface area contributed by atoms with E-state index in [2.05, 4.69) is 20.3 Å². The van der Waals surface area contributed by atoms with Crippen molar-refractivity contribution in [3.05, 3.63) is 36.8 Å². The molecule has 0 aliphatic carbocycles. The summed E-state index contributed by atoms with van der Waals surface area (Å²) in [5, 5.41) is 19.2. The summed E-state index contributed by atoms with van der Waals surface area (Å²) in [5.41, 5.74) is 2.11. The average Bonchev–Trinajstić information content (AvgIpc) is 3.31. The number of aromatic nitrogens is 6. The number of nitrogens with zero attached hydrogens (tertiary/aromatic N) is 6. The van der Waals surface area contributed by atoms with Crippen LogP contribution in [0.3, 0.4) is 0 Å². The zero-order valence-electron chi connectivity index (χ0n) is 15.1. The Labute approximate surface area is 154 Å². The molecule has 27 heavy (non-hydrogen) atoms. The van der Waals surface area contributed by atoms with E-state index in [0.29, 0.717) is 40.6 Å². The summed E-state index contributed by atoms with van der Waals surface area (Å²) < 4.78 is 13.7. The number of rotatable bonds is 5. The van der Waals surface area contributed by atoms with Gasteiger partial charge in [0.25, 0.3) is 5.88 Å². The Bertz CT molecular complexity index is 1120. The molecule has 0 saturated carbocycles. The number of aryl methyl sites for hydroxylation is 1. The first kappa shape index (κ1) is 16.8. The lowest BCUT2D eigenvalue weighted by atomic mass is 10.1. The number of hydrogen-bond donors (Lipinski definition) is 1. The smallest absolute Gasteiger partial charge is 0.256 e. The first-order chi connectivity index (χ1) is 13.1. The van der Waals surface area contributed by atoms with E-state index in [0.717, 1.165) is 5.56 Å². The van der Waals surface area contributed by atoms with Crippen molar-refractivity contribution in [3.63, 3.8) is 0 Å². The predicted octanol–water partition coefficient (Wildman–Crippen LogP) is 2.42. The number of methoxy groups -OCH3 is 2. The lowest BCUT2D eigenvalue weighted by Crippen LogP contribution is -1.94. The minimum atomic E-state index is 0.0673. The number of fused-ring (bicyclic) bond motifs is 1. The molecule has 0 saturated heterocycles. The van der Waals surface area contributed by atoms with E-state index >= 15 is 0 Å².